The van der Waals surface area contributed by atoms with Crippen LogP contribution in [0.5, 0.6) is 0 Å². The van der Waals surface area contributed by atoms with E-state index in [4.69, 9.17) is 5.73 Å². The molecule has 3 nitrogen and oxygen atoms in total. The number of nitrogens with zero attached hydrogens (tertiary/aromatic N) is 2. The van der Waals surface area contributed by atoms with Crippen molar-refractivity contribution in [3.05, 3.63) is 21.4 Å². The third-order valence-corrected chi connectivity index (χ3v) is 5.70. The second-order valence-corrected chi connectivity index (χ2v) is 7.86. The van der Waals surface area contributed by atoms with Gasteiger partial charge < -0.3 is 10.6 Å². The molecule has 0 aromatic carbocycles. The smallest absolute Gasteiger partial charge is 0.0482 e. The van der Waals surface area contributed by atoms with E-state index in [1.165, 1.54) is 60.9 Å². The molecule has 1 aromatic rings. The second-order valence-electron chi connectivity index (χ2n) is 6.40. The SMILES string of the molecule is Cc1cc(C(CN)N2CCN(CC3CC3)CC2)c(C)s1. The minimum absolute atomic E-state index is 0.419. The molecule has 4 heteroatoms. The molecule has 1 aliphatic heterocycles. The number of hydrogen-bond acceptors (Lipinski definition) is 4. The molecule has 0 spiro atoms. The molecule has 1 saturated heterocycles. The van der Waals surface area contributed by atoms with Crippen molar-refractivity contribution in [3.8, 4) is 0 Å². The normalized spacial score (nSPS) is 23.1. The van der Waals surface area contributed by atoms with Gasteiger partial charge in [0.05, 0.1) is 0 Å². The van der Waals surface area contributed by atoms with Gasteiger partial charge in [0.15, 0.2) is 0 Å². The van der Waals surface area contributed by atoms with Crippen molar-refractivity contribution in [1.82, 2.24) is 9.80 Å². The average molecular weight is 293 g/mol. The Bertz CT molecular complexity index is 445. The Hall–Kier alpha value is -0.420. The number of hydrogen-bond donors (Lipinski definition) is 1. The lowest BCUT2D eigenvalue weighted by molar-refractivity contribution is 0.0955. The van der Waals surface area contributed by atoms with Crippen molar-refractivity contribution in [3.63, 3.8) is 0 Å². The lowest BCUT2D eigenvalue weighted by Gasteiger charge is -2.39. The van der Waals surface area contributed by atoms with Gasteiger partial charge in [0.25, 0.3) is 0 Å². The molecular formula is C16H27N3S. The third-order valence-electron chi connectivity index (χ3n) is 4.72. The molecule has 0 radical (unpaired) electrons. The fourth-order valence-electron chi connectivity index (χ4n) is 3.38. The lowest BCUT2D eigenvalue weighted by atomic mass is 10.0. The third kappa shape index (κ3) is 3.25. The summed E-state index contributed by atoms with van der Waals surface area (Å²) in [5.74, 6) is 1.01. The van der Waals surface area contributed by atoms with E-state index >= 15 is 0 Å². The standard InChI is InChI=1S/C16H27N3S/c1-12-9-15(13(2)20-12)16(10-17)19-7-5-18(6-8-19)11-14-3-4-14/h9,14,16H,3-8,10-11,17H2,1-2H3. The molecule has 112 valence electrons. The van der Waals surface area contributed by atoms with Crippen LogP contribution in [0.2, 0.25) is 0 Å². The first-order valence-corrected chi connectivity index (χ1v) is 8.72. The van der Waals surface area contributed by atoms with Crippen LogP contribution in [0.4, 0.5) is 0 Å². The Morgan fingerprint density at radius 3 is 2.45 bits per heavy atom. The summed E-state index contributed by atoms with van der Waals surface area (Å²) < 4.78 is 0. The van der Waals surface area contributed by atoms with E-state index in [1.54, 1.807) is 0 Å². The first kappa shape index (κ1) is 14.5. The second kappa shape index (κ2) is 6.14. The van der Waals surface area contributed by atoms with Gasteiger partial charge in [-0.05, 0) is 44.2 Å². The van der Waals surface area contributed by atoms with Crippen LogP contribution in [0.1, 0.15) is 34.2 Å². The molecule has 2 aliphatic rings. The first-order valence-electron chi connectivity index (χ1n) is 7.90. The molecule has 2 heterocycles. The molecule has 0 bridgehead atoms. The van der Waals surface area contributed by atoms with Gasteiger partial charge in [-0.2, -0.15) is 0 Å². The Morgan fingerprint density at radius 2 is 1.95 bits per heavy atom. The van der Waals surface area contributed by atoms with Gasteiger partial charge in [0.1, 0.15) is 0 Å². The molecule has 1 saturated carbocycles. The number of thiophene rings is 1. The summed E-state index contributed by atoms with van der Waals surface area (Å²) in [4.78, 5) is 8.09. The zero-order valence-corrected chi connectivity index (χ0v) is 13.6. The molecule has 3 rings (SSSR count). The maximum absolute atomic E-state index is 6.09. The van der Waals surface area contributed by atoms with E-state index < -0.39 is 0 Å². The highest BCUT2D eigenvalue weighted by Gasteiger charge is 2.29. The molecule has 2 fully saturated rings. The summed E-state index contributed by atoms with van der Waals surface area (Å²) in [5, 5.41) is 0. The van der Waals surface area contributed by atoms with Gasteiger partial charge in [-0.3, -0.25) is 4.90 Å². The van der Waals surface area contributed by atoms with Crippen LogP contribution in [0.25, 0.3) is 0 Å². The minimum Gasteiger partial charge on any atom is -0.329 e. The Kier molecular flexibility index (Phi) is 4.46. The topological polar surface area (TPSA) is 32.5 Å². The van der Waals surface area contributed by atoms with Crippen LogP contribution in [0, 0.1) is 19.8 Å². The van der Waals surface area contributed by atoms with E-state index in [0.29, 0.717) is 6.04 Å². The van der Waals surface area contributed by atoms with Gasteiger partial charge >= 0.3 is 0 Å². The van der Waals surface area contributed by atoms with Gasteiger partial charge in [-0.1, -0.05) is 0 Å². The molecule has 20 heavy (non-hydrogen) atoms. The highest BCUT2D eigenvalue weighted by molar-refractivity contribution is 7.12. The Labute approximate surface area is 126 Å². The molecular weight excluding hydrogens is 266 g/mol. The van der Waals surface area contributed by atoms with Crippen LogP contribution < -0.4 is 5.73 Å². The molecule has 0 amide bonds. The summed E-state index contributed by atoms with van der Waals surface area (Å²) in [6.45, 7) is 11.3. The van der Waals surface area contributed by atoms with Gasteiger partial charge in [0.2, 0.25) is 0 Å². The van der Waals surface area contributed by atoms with E-state index in [9.17, 15) is 0 Å². The van der Waals surface area contributed by atoms with Crippen LogP contribution >= 0.6 is 11.3 Å². The van der Waals surface area contributed by atoms with Crippen molar-refractivity contribution in [2.24, 2.45) is 11.7 Å². The monoisotopic (exact) mass is 293 g/mol. The van der Waals surface area contributed by atoms with Crippen LogP contribution in [-0.4, -0.2) is 49.1 Å². The van der Waals surface area contributed by atoms with Gasteiger partial charge in [-0.15, -0.1) is 11.3 Å². The first-order chi connectivity index (χ1) is 9.67. The fourth-order valence-corrected chi connectivity index (χ4v) is 4.36. The molecule has 1 aromatic heterocycles. The Morgan fingerprint density at radius 1 is 1.25 bits per heavy atom. The number of piperazine rings is 1. The zero-order valence-electron chi connectivity index (χ0n) is 12.8. The lowest BCUT2D eigenvalue weighted by Crippen LogP contribution is -2.49. The van der Waals surface area contributed by atoms with Gasteiger partial charge in [0, 0.05) is 55.1 Å². The van der Waals surface area contributed by atoms with Crippen LogP contribution in [-0.2, 0) is 0 Å². The van der Waals surface area contributed by atoms with Crippen molar-refractivity contribution in [1.29, 1.82) is 0 Å². The van der Waals surface area contributed by atoms with Crippen molar-refractivity contribution in [2.45, 2.75) is 32.7 Å². The summed E-state index contributed by atoms with van der Waals surface area (Å²) in [6.07, 6.45) is 2.91. The maximum atomic E-state index is 6.09. The molecule has 1 unspecified atom stereocenters. The van der Waals surface area contributed by atoms with Crippen molar-refractivity contribution >= 4 is 11.3 Å². The number of aryl methyl sites for hydroxylation is 2. The summed E-state index contributed by atoms with van der Waals surface area (Å²) in [5.41, 5.74) is 7.55. The minimum atomic E-state index is 0.419. The van der Waals surface area contributed by atoms with E-state index in [1.807, 2.05) is 11.3 Å². The fraction of sp³-hybridized carbons (Fsp3) is 0.750. The van der Waals surface area contributed by atoms with Crippen LogP contribution in [0.3, 0.4) is 0 Å². The highest BCUT2D eigenvalue weighted by Crippen LogP contribution is 2.32. The summed E-state index contributed by atoms with van der Waals surface area (Å²) >= 11 is 1.90. The van der Waals surface area contributed by atoms with Crippen molar-refractivity contribution < 1.29 is 0 Å². The molecule has 2 N–H and O–H groups in total. The summed E-state index contributed by atoms with van der Waals surface area (Å²) in [6, 6.07) is 2.76. The average Bonchev–Trinajstić information content (AvgIpc) is 3.18. The molecule has 1 atom stereocenters. The van der Waals surface area contributed by atoms with E-state index in [-0.39, 0.29) is 0 Å². The quantitative estimate of drug-likeness (QED) is 0.905. The van der Waals surface area contributed by atoms with Crippen LogP contribution in [0.15, 0.2) is 6.07 Å². The number of nitrogens with two attached hydrogens (primary N) is 1. The highest BCUT2D eigenvalue weighted by atomic mass is 32.1. The van der Waals surface area contributed by atoms with Gasteiger partial charge in [-0.25, -0.2) is 0 Å². The van der Waals surface area contributed by atoms with E-state index in [0.717, 1.165) is 12.5 Å². The predicted octanol–water partition coefficient (Wildman–Crippen LogP) is 2.39. The Balaban J connectivity index is 1.61. The molecule has 1 aliphatic carbocycles. The summed E-state index contributed by atoms with van der Waals surface area (Å²) in [7, 11) is 0. The predicted molar refractivity (Wildman–Crippen MR) is 86.3 cm³/mol. The zero-order chi connectivity index (χ0) is 14.1. The van der Waals surface area contributed by atoms with E-state index in [2.05, 4.69) is 29.7 Å². The number of rotatable bonds is 5. The van der Waals surface area contributed by atoms with Crippen molar-refractivity contribution in [2.75, 3.05) is 39.3 Å². The maximum Gasteiger partial charge on any atom is 0.0482 e. The largest absolute Gasteiger partial charge is 0.329 e.